The first-order chi connectivity index (χ1) is 5.58. The Morgan fingerprint density at radius 3 is 2.33 bits per heavy atom. The monoisotopic (exact) mass is 191 g/mol. The van der Waals surface area contributed by atoms with Gasteiger partial charge in [-0.2, -0.15) is 0 Å². The molecule has 0 radical (unpaired) electrons. The predicted molar refractivity (Wildman–Crippen MR) is 57.2 cm³/mol. The van der Waals surface area contributed by atoms with Gasteiger partial charge in [0.25, 0.3) is 0 Å². The number of rotatable bonds is 3. The zero-order chi connectivity index (χ0) is 9.03. The van der Waals surface area contributed by atoms with Crippen LogP contribution in [-0.2, 0) is 4.74 Å². The quantitative estimate of drug-likeness (QED) is 0.728. The lowest BCUT2D eigenvalue weighted by molar-refractivity contribution is 0.0794. The molecule has 1 saturated heterocycles. The molecule has 0 bridgehead atoms. The highest BCUT2D eigenvalue weighted by Gasteiger charge is 2.14. The zero-order valence-corrected chi connectivity index (χ0v) is 9.25. The second kappa shape index (κ2) is 4.49. The van der Waals surface area contributed by atoms with E-state index in [1.165, 1.54) is 18.7 Å². The Bertz CT molecular complexity index is 127. The van der Waals surface area contributed by atoms with Gasteiger partial charge in [-0.05, 0) is 31.6 Å². The second-order valence-electron chi connectivity index (χ2n) is 4.33. The largest absolute Gasteiger partial charge is 0.381 e. The Kier molecular flexibility index (Phi) is 3.87. The minimum Gasteiger partial charge on any atom is -0.381 e. The van der Waals surface area contributed by atoms with Gasteiger partial charge in [-0.3, -0.25) is 0 Å². The molecular weight excluding hydrogens is 170 g/mol. The van der Waals surface area contributed by atoms with Gasteiger partial charge in [0.15, 0.2) is 0 Å². The Hall–Kier alpha value is 0.270. The van der Waals surface area contributed by atoms with E-state index in [9.17, 15) is 0 Å². The summed E-state index contributed by atoms with van der Waals surface area (Å²) in [6.07, 6.45) is 9.42. The number of nitrogens with one attached hydrogen (secondary N) is 1. The zero-order valence-electron chi connectivity index (χ0n) is 8.43. The number of ether oxygens (including phenoxy) is 1. The van der Waals surface area contributed by atoms with E-state index < -0.39 is 0 Å². The summed E-state index contributed by atoms with van der Waals surface area (Å²) in [4.78, 5) is 0. The highest BCUT2D eigenvalue weighted by Crippen LogP contribution is 2.32. The minimum absolute atomic E-state index is 0.375. The van der Waals surface area contributed by atoms with Gasteiger partial charge in [0.2, 0.25) is 0 Å². The van der Waals surface area contributed by atoms with Gasteiger partial charge in [0.1, 0.15) is 0 Å². The summed E-state index contributed by atoms with van der Waals surface area (Å²) in [6, 6.07) is 0.713. The Morgan fingerprint density at radius 2 is 1.83 bits per heavy atom. The molecule has 1 aliphatic heterocycles. The molecule has 1 rings (SSSR count). The van der Waals surface area contributed by atoms with E-state index in [4.69, 9.17) is 4.74 Å². The lowest BCUT2D eigenvalue weighted by Crippen LogP contribution is -2.36. The Balaban J connectivity index is 2.13. The van der Waals surface area contributed by atoms with Crippen LogP contribution in [0.25, 0.3) is 0 Å². The van der Waals surface area contributed by atoms with Crippen LogP contribution >= 0.6 is 10.0 Å². The third-order valence-corrected chi connectivity index (χ3v) is 3.06. The van der Waals surface area contributed by atoms with Crippen LogP contribution in [0.3, 0.4) is 0 Å². The summed E-state index contributed by atoms with van der Waals surface area (Å²) in [5.74, 6) is 1.19. The molecule has 0 saturated carbocycles. The summed E-state index contributed by atoms with van der Waals surface area (Å²) < 4.78 is 5.30. The van der Waals surface area contributed by atoms with Gasteiger partial charge in [-0.25, -0.2) is 10.0 Å². The molecule has 0 atom stereocenters. The van der Waals surface area contributed by atoms with Crippen LogP contribution in [0.1, 0.15) is 12.8 Å². The highest BCUT2D eigenvalue weighted by molar-refractivity contribution is 8.32. The molecular formula is C9H21NOS. The van der Waals surface area contributed by atoms with E-state index in [-0.39, 0.29) is 10.0 Å². The van der Waals surface area contributed by atoms with Crippen LogP contribution in [0, 0.1) is 0 Å². The molecule has 0 aliphatic carbocycles. The number of hydrogen-bond acceptors (Lipinski definition) is 2. The van der Waals surface area contributed by atoms with Crippen molar-refractivity contribution in [3.8, 4) is 0 Å². The van der Waals surface area contributed by atoms with Crippen molar-refractivity contribution in [2.75, 3.05) is 37.9 Å². The van der Waals surface area contributed by atoms with E-state index in [1.807, 2.05) is 0 Å². The smallest absolute Gasteiger partial charge is 0.0480 e. The summed E-state index contributed by atoms with van der Waals surface area (Å²) in [7, 11) is -0.375. The van der Waals surface area contributed by atoms with Crippen LogP contribution in [0.15, 0.2) is 0 Å². The molecule has 1 heterocycles. The molecule has 3 heteroatoms. The van der Waals surface area contributed by atoms with Crippen LogP contribution in [-0.4, -0.2) is 43.9 Å². The van der Waals surface area contributed by atoms with Gasteiger partial charge in [-0.1, -0.05) is 0 Å². The Morgan fingerprint density at radius 1 is 1.25 bits per heavy atom. The van der Waals surface area contributed by atoms with Crippen LogP contribution in [0.2, 0.25) is 0 Å². The molecule has 0 aromatic heterocycles. The van der Waals surface area contributed by atoms with Crippen molar-refractivity contribution in [1.29, 1.82) is 0 Å². The first-order valence-corrected chi connectivity index (χ1v) is 7.58. The van der Waals surface area contributed by atoms with Gasteiger partial charge in [-0.15, -0.1) is 0 Å². The maximum atomic E-state index is 5.30. The second-order valence-corrected chi connectivity index (χ2v) is 8.80. The molecule has 0 aromatic rings. The maximum Gasteiger partial charge on any atom is 0.0480 e. The van der Waals surface area contributed by atoms with Crippen molar-refractivity contribution >= 4 is 10.0 Å². The molecule has 1 fully saturated rings. The van der Waals surface area contributed by atoms with E-state index in [0.717, 1.165) is 13.2 Å². The molecule has 1 aliphatic rings. The fourth-order valence-corrected chi connectivity index (χ4v) is 2.01. The molecule has 2 nitrogen and oxygen atoms in total. The molecule has 0 spiro atoms. The van der Waals surface area contributed by atoms with Crippen molar-refractivity contribution in [3.05, 3.63) is 0 Å². The summed E-state index contributed by atoms with van der Waals surface area (Å²) in [5.41, 5.74) is 0. The lowest BCUT2D eigenvalue weighted by Gasteiger charge is -2.30. The van der Waals surface area contributed by atoms with Crippen molar-refractivity contribution in [2.45, 2.75) is 18.9 Å². The third kappa shape index (κ3) is 4.33. The van der Waals surface area contributed by atoms with Crippen LogP contribution in [0.5, 0.6) is 0 Å². The van der Waals surface area contributed by atoms with E-state index >= 15 is 0 Å². The lowest BCUT2D eigenvalue weighted by atomic mass is 10.1. The van der Waals surface area contributed by atoms with E-state index in [0.29, 0.717) is 6.04 Å². The van der Waals surface area contributed by atoms with Gasteiger partial charge in [0.05, 0.1) is 0 Å². The molecule has 1 N–H and O–H groups in total. The van der Waals surface area contributed by atoms with Crippen molar-refractivity contribution in [1.82, 2.24) is 5.32 Å². The molecule has 0 amide bonds. The van der Waals surface area contributed by atoms with Crippen LogP contribution in [0.4, 0.5) is 0 Å². The van der Waals surface area contributed by atoms with Gasteiger partial charge in [0, 0.05) is 25.1 Å². The van der Waals surface area contributed by atoms with Crippen molar-refractivity contribution in [3.63, 3.8) is 0 Å². The van der Waals surface area contributed by atoms with E-state index in [2.05, 4.69) is 24.1 Å². The third-order valence-electron chi connectivity index (χ3n) is 2.03. The SMILES string of the molecule is CS(C)(C)CNC1CCOCC1. The molecule has 0 aromatic carbocycles. The summed E-state index contributed by atoms with van der Waals surface area (Å²) in [5, 5.41) is 3.62. The Labute approximate surface area is 77.4 Å². The molecule has 74 valence electrons. The fraction of sp³-hybridized carbons (Fsp3) is 1.00. The minimum atomic E-state index is -0.375. The first kappa shape index (κ1) is 10.4. The van der Waals surface area contributed by atoms with Crippen LogP contribution < -0.4 is 5.32 Å². The van der Waals surface area contributed by atoms with Gasteiger partial charge < -0.3 is 10.1 Å². The number of hydrogen-bond donors (Lipinski definition) is 1. The highest BCUT2D eigenvalue weighted by atomic mass is 32.3. The standard InChI is InChI=1S/C9H21NOS/c1-12(2,3)8-10-9-4-6-11-7-5-9/h9-10H,4-8H2,1-3H3. The normalized spacial score (nSPS) is 22.6. The molecule has 0 unspecified atom stereocenters. The summed E-state index contributed by atoms with van der Waals surface area (Å²) in [6.45, 7) is 1.88. The van der Waals surface area contributed by atoms with E-state index in [1.54, 1.807) is 0 Å². The topological polar surface area (TPSA) is 21.3 Å². The van der Waals surface area contributed by atoms with Gasteiger partial charge >= 0.3 is 0 Å². The van der Waals surface area contributed by atoms with Crippen molar-refractivity contribution < 1.29 is 4.74 Å². The average molecular weight is 191 g/mol. The van der Waals surface area contributed by atoms with Crippen molar-refractivity contribution in [2.24, 2.45) is 0 Å². The average Bonchev–Trinajstić information content (AvgIpc) is 2.02. The molecule has 12 heavy (non-hydrogen) atoms. The fourth-order valence-electron chi connectivity index (χ4n) is 1.27. The first-order valence-electron chi connectivity index (χ1n) is 4.55. The maximum absolute atomic E-state index is 5.30. The summed E-state index contributed by atoms with van der Waals surface area (Å²) >= 11 is 0. The predicted octanol–water partition coefficient (Wildman–Crippen LogP) is 1.41.